The molecule has 150 valence electrons. The lowest BCUT2D eigenvalue weighted by atomic mass is 10.0. The number of hydrogen-bond donors (Lipinski definition) is 0. The van der Waals surface area contributed by atoms with E-state index in [1.54, 1.807) is 33.8 Å². The zero-order chi connectivity index (χ0) is 20.5. The molecule has 0 aliphatic carbocycles. The summed E-state index contributed by atoms with van der Waals surface area (Å²) in [4.78, 5) is 14.5. The normalized spacial score (nSPS) is 13.4. The van der Waals surface area contributed by atoms with E-state index in [1.807, 2.05) is 6.92 Å². The van der Waals surface area contributed by atoms with Crippen LogP contribution in [0.3, 0.4) is 0 Å². The highest BCUT2D eigenvalue weighted by atomic mass is 35.5. The summed E-state index contributed by atoms with van der Waals surface area (Å²) in [6.07, 6.45) is 0.925. The molecule has 0 atom stereocenters. The van der Waals surface area contributed by atoms with Crippen molar-refractivity contribution in [1.82, 2.24) is 14.7 Å². The number of hydrogen-bond acceptors (Lipinski definition) is 2. The molecule has 2 aromatic carbocycles. The van der Waals surface area contributed by atoms with E-state index in [-0.39, 0.29) is 30.5 Å². The van der Waals surface area contributed by atoms with Gasteiger partial charge in [0.1, 0.15) is 11.6 Å². The molecule has 4 nitrogen and oxygen atoms in total. The minimum absolute atomic E-state index is 0.0228. The van der Waals surface area contributed by atoms with Gasteiger partial charge in [0, 0.05) is 17.1 Å². The maximum absolute atomic E-state index is 14.2. The predicted molar refractivity (Wildman–Crippen MR) is 107 cm³/mol. The van der Waals surface area contributed by atoms with Gasteiger partial charge in [-0.25, -0.2) is 8.78 Å². The van der Waals surface area contributed by atoms with Crippen molar-refractivity contribution in [2.24, 2.45) is 0 Å². The summed E-state index contributed by atoms with van der Waals surface area (Å²) >= 11 is 5.84. The SMILES string of the molecule is Cc1nn(Cc2ccc(Cl)cc2F)c2c1CCN(C(=O)Cc1ccc(F)cc1)C2. The molecule has 0 spiro atoms. The fraction of sp³-hybridized carbons (Fsp3) is 0.273. The number of halogens is 3. The average molecular weight is 416 g/mol. The maximum atomic E-state index is 14.2. The number of aromatic nitrogens is 2. The fourth-order valence-electron chi connectivity index (χ4n) is 3.72. The van der Waals surface area contributed by atoms with Crippen molar-refractivity contribution in [3.63, 3.8) is 0 Å². The van der Waals surface area contributed by atoms with Crippen molar-refractivity contribution in [3.05, 3.63) is 87.2 Å². The number of carbonyl (C=O) groups is 1. The molecule has 1 amide bonds. The van der Waals surface area contributed by atoms with E-state index in [0.717, 1.165) is 22.5 Å². The molecule has 1 aliphatic rings. The van der Waals surface area contributed by atoms with E-state index >= 15 is 0 Å². The van der Waals surface area contributed by atoms with Crippen molar-refractivity contribution >= 4 is 17.5 Å². The molecule has 4 rings (SSSR count). The topological polar surface area (TPSA) is 38.1 Å². The highest BCUT2D eigenvalue weighted by molar-refractivity contribution is 6.30. The van der Waals surface area contributed by atoms with Crippen LogP contribution < -0.4 is 0 Å². The molecule has 2 heterocycles. The number of fused-ring (bicyclic) bond motifs is 1. The number of rotatable bonds is 4. The Bertz CT molecular complexity index is 1060. The quantitative estimate of drug-likeness (QED) is 0.637. The lowest BCUT2D eigenvalue weighted by molar-refractivity contribution is -0.131. The first kappa shape index (κ1) is 19.6. The van der Waals surface area contributed by atoms with Gasteiger partial charge >= 0.3 is 0 Å². The number of amides is 1. The van der Waals surface area contributed by atoms with Crippen LogP contribution >= 0.6 is 11.6 Å². The number of nitrogens with zero attached hydrogens (tertiary/aromatic N) is 3. The third-order valence-corrected chi connectivity index (χ3v) is 5.53. The Labute approximate surface area is 172 Å². The van der Waals surface area contributed by atoms with Crippen molar-refractivity contribution in [3.8, 4) is 0 Å². The van der Waals surface area contributed by atoms with Gasteiger partial charge in [-0.3, -0.25) is 9.48 Å². The van der Waals surface area contributed by atoms with Crippen molar-refractivity contribution in [1.29, 1.82) is 0 Å². The van der Waals surface area contributed by atoms with Gasteiger partial charge in [-0.15, -0.1) is 0 Å². The summed E-state index contributed by atoms with van der Waals surface area (Å²) in [6.45, 7) is 3.24. The van der Waals surface area contributed by atoms with E-state index in [4.69, 9.17) is 11.6 Å². The van der Waals surface area contributed by atoms with Crippen molar-refractivity contribution in [2.75, 3.05) is 6.54 Å². The summed E-state index contributed by atoms with van der Waals surface area (Å²) in [5.74, 6) is -0.720. The maximum Gasteiger partial charge on any atom is 0.227 e. The van der Waals surface area contributed by atoms with Gasteiger partial charge in [0.25, 0.3) is 0 Å². The Morgan fingerprint density at radius 2 is 1.93 bits per heavy atom. The molecule has 1 aliphatic heterocycles. The van der Waals surface area contributed by atoms with E-state index in [9.17, 15) is 13.6 Å². The lowest BCUT2D eigenvalue weighted by Crippen LogP contribution is -2.37. The molecule has 0 fully saturated rings. The monoisotopic (exact) mass is 415 g/mol. The number of carbonyl (C=O) groups excluding carboxylic acids is 1. The lowest BCUT2D eigenvalue weighted by Gasteiger charge is -2.28. The van der Waals surface area contributed by atoms with Crippen LogP contribution in [0.2, 0.25) is 5.02 Å². The Balaban J connectivity index is 1.53. The summed E-state index contributed by atoms with van der Waals surface area (Å²) in [7, 11) is 0. The molecule has 1 aromatic heterocycles. The molecule has 0 saturated carbocycles. The first-order valence-electron chi connectivity index (χ1n) is 9.42. The molecular weight excluding hydrogens is 396 g/mol. The van der Waals surface area contributed by atoms with Crippen LogP contribution in [0.4, 0.5) is 8.78 Å². The molecule has 0 saturated heterocycles. The Hall–Kier alpha value is -2.73. The van der Waals surface area contributed by atoms with Gasteiger partial charge in [-0.05, 0) is 48.7 Å². The molecular formula is C22H20ClF2N3O. The largest absolute Gasteiger partial charge is 0.336 e. The average Bonchev–Trinajstić information content (AvgIpc) is 3.01. The van der Waals surface area contributed by atoms with E-state index < -0.39 is 0 Å². The van der Waals surface area contributed by atoms with E-state index in [0.29, 0.717) is 30.1 Å². The van der Waals surface area contributed by atoms with Gasteiger partial charge < -0.3 is 4.90 Å². The first-order chi connectivity index (χ1) is 13.9. The molecule has 0 unspecified atom stereocenters. The van der Waals surface area contributed by atoms with E-state index in [2.05, 4.69) is 5.10 Å². The fourth-order valence-corrected chi connectivity index (χ4v) is 3.88. The van der Waals surface area contributed by atoms with Crippen LogP contribution in [0.25, 0.3) is 0 Å². The van der Waals surface area contributed by atoms with Gasteiger partial charge in [0.15, 0.2) is 0 Å². The van der Waals surface area contributed by atoms with Crippen LogP contribution in [0, 0.1) is 18.6 Å². The Kier molecular flexibility index (Phi) is 5.37. The highest BCUT2D eigenvalue weighted by Crippen LogP contribution is 2.25. The smallest absolute Gasteiger partial charge is 0.227 e. The van der Waals surface area contributed by atoms with Crippen molar-refractivity contribution in [2.45, 2.75) is 32.9 Å². The minimum atomic E-state index is -0.376. The van der Waals surface area contributed by atoms with Gasteiger partial charge in [-0.2, -0.15) is 5.10 Å². The van der Waals surface area contributed by atoms with Crippen LogP contribution in [0.15, 0.2) is 42.5 Å². The molecule has 0 N–H and O–H groups in total. The Morgan fingerprint density at radius 3 is 2.66 bits per heavy atom. The van der Waals surface area contributed by atoms with Crippen LogP contribution in [-0.2, 0) is 30.7 Å². The summed E-state index contributed by atoms with van der Waals surface area (Å²) in [5, 5.41) is 4.93. The van der Waals surface area contributed by atoms with Crippen molar-refractivity contribution < 1.29 is 13.6 Å². The number of aryl methyl sites for hydroxylation is 1. The molecule has 0 bridgehead atoms. The van der Waals surface area contributed by atoms with Crippen LogP contribution in [0.5, 0.6) is 0 Å². The summed E-state index contributed by atoms with van der Waals surface area (Å²) in [5.41, 5.74) is 4.21. The molecule has 7 heteroatoms. The standard InChI is InChI=1S/C22H20ClF2N3O/c1-14-19-8-9-27(22(29)10-15-2-6-18(24)7-3-15)13-21(19)28(26-14)12-16-4-5-17(23)11-20(16)25/h2-7,11H,8-10,12-13H2,1H3. The van der Waals surface area contributed by atoms with E-state index in [1.165, 1.54) is 18.2 Å². The summed E-state index contributed by atoms with van der Waals surface area (Å²) in [6, 6.07) is 10.6. The first-order valence-corrected chi connectivity index (χ1v) is 9.80. The summed E-state index contributed by atoms with van der Waals surface area (Å²) < 4.78 is 29.1. The molecule has 29 heavy (non-hydrogen) atoms. The molecule has 3 aromatic rings. The second-order valence-electron chi connectivity index (χ2n) is 7.27. The molecule has 0 radical (unpaired) electrons. The number of benzene rings is 2. The highest BCUT2D eigenvalue weighted by Gasteiger charge is 2.26. The second kappa shape index (κ2) is 7.95. The van der Waals surface area contributed by atoms with Gasteiger partial charge in [0.05, 0.1) is 30.9 Å². The second-order valence-corrected chi connectivity index (χ2v) is 7.71. The third-order valence-electron chi connectivity index (χ3n) is 5.30. The minimum Gasteiger partial charge on any atom is -0.336 e. The zero-order valence-electron chi connectivity index (χ0n) is 16.0. The third kappa shape index (κ3) is 4.17. The zero-order valence-corrected chi connectivity index (χ0v) is 16.7. The predicted octanol–water partition coefficient (Wildman–Crippen LogP) is 4.30. The van der Waals surface area contributed by atoms with Gasteiger partial charge in [0.2, 0.25) is 5.91 Å². The van der Waals surface area contributed by atoms with Gasteiger partial charge in [-0.1, -0.05) is 29.8 Å². The Morgan fingerprint density at radius 1 is 1.17 bits per heavy atom. The van der Waals surface area contributed by atoms with Crippen LogP contribution in [0.1, 0.15) is 28.1 Å². The van der Waals surface area contributed by atoms with Crippen LogP contribution in [-0.4, -0.2) is 27.1 Å².